The van der Waals surface area contributed by atoms with Crippen LogP contribution in [0.3, 0.4) is 0 Å². The van der Waals surface area contributed by atoms with Crippen molar-refractivity contribution in [3.8, 4) is 5.75 Å². The van der Waals surface area contributed by atoms with Crippen LogP contribution >= 0.6 is 0 Å². The minimum absolute atomic E-state index is 0.0916. The first-order valence-electron chi connectivity index (χ1n) is 12.1. The number of piperazine rings is 1. The lowest BCUT2D eigenvalue weighted by Crippen LogP contribution is -2.55. The van der Waals surface area contributed by atoms with Gasteiger partial charge in [0.1, 0.15) is 11.8 Å². The maximum atomic E-state index is 13.5. The van der Waals surface area contributed by atoms with Gasteiger partial charge in [-0.2, -0.15) is 0 Å². The monoisotopic (exact) mass is 507 g/mol. The fourth-order valence-electron chi connectivity index (χ4n) is 4.88. The standard InChI is InChI=1S/C28H33N3O4S/c1-22(31(36(3,33)34)25-14-16-26(35-2)17-15-25)28(32)30-20-18-29(19-21-30)27(23-10-6-4-7-11-23)24-12-8-5-9-13-24/h4-17,22,27H,18-21H2,1-3H3/t22-/m1/s1. The number of methoxy groups -OCH3 is 1. The van der Waals surface area contributed by atoms with Gasteiger partial charge >= 0.3 is 0 Å². The predicted octanol–water partition coefficient (Wildman–Crippen LogP) is 3.78. The minimum Gasteiger partial charge on any atom is -0.497 e. The van der Waals surface area contributed by atoms with Gasteiger partial charge in [0, 0.05) is 26.2 Å². The van der Waals surface area contributed by atoms with Gasteiger partial charge in [-0.1, -0.05) is 60.7 Å². The summed E-state index contributed by atoms with van der Waals surface area (Å²) in [4.78, 5) is 17.6. The number of carbonyl (C=O) groups excluding carboxylic acids is 1. The molecule has 7 nitrogen and oxygen atoms in total. The number of sulfonamides is 1. The zero-order valence-electron chi connectivity index (χ0n) is 20.9. The first-order valence-corrected chi connectivity index (χ1v) is 13.9. The third kappa shape index (κ3) is 5.71. The van der Waals surface area contributed by atoms with Gasteiger partial charge in [-0.05, 0) is 42.3 Å². The van der Waals surface area contributed by atoms with Crippen molar-refractivity contribution >= 4 is 21.6 Å². The van der Waals surface area contributed by atoms with Crippen molar-refractivity contribution in [3.63, 3.8) is 0 Å². The minimum atomic E-state index is -3.68. The molecular weight excluding hydrogens is 474 g/mol. The highest BCUT2D eigenvalue weighted by Crippen LogP contribution is 2.30. The molecule has 0 bridgehead atoms. The van der Waals surface area contributed by atoms with Crippen LogP contribution in [0, 0.1) is 0 Å². The van der Waals surface area contributed by atoms with Crippen LogP contribution in [0.25, 0.3) is 0 Å². The zero-order valence-corrected chi connectivity index (χ0v) is 21.8. The van der Waals surface area contributed by atoms with Crippen molar-refractivity contribution in [1.82, 2.24) is 9.80 Å². The van der Waals surface area contributed by atoms with E-state index in [9.17, 15) is 13.2 Å². The molecule has 190 valence electrons. The van der Waals surface area contributed by atoms with E-state index in [4.69, 9.17) is 4.74 Å². The van der Waals surface area contributed by atoms with E-state index in [1.165, 1.54) is 15.4 Å². The molecular formula is C28H33N3O4S. The first-order chi connectivity index (χ1) is 17.3. The molecule has 4 rings (SSSR count). The largest absolute Gasteiger partial charge is 0.497 e. The fraction of sp³-hybridized carbons (Fsp3) is 0.321. The molecule has 8 heteroatoms. The smallest absolute Gasteiger partial charge is 0.246 e. The lowest BCUT2D eigenvalue weighted by Gasteiger charge is -2.41. The number of carbonyl (C=O) groups is 1. The second kappa shape index (κ2) is 11.1. The molecule has 1 atom stereocenters. The summed E-state index contributed by atoms with van der Waals surface area (Å²) < 4.78 is 31.7. The highest BCUT2D eigenvalue weighted by molar-refractivity contribution is 7.92. The van der Waals surface area contributed by atoms with E-state index in [2.05, 4.69) is 29.2 Å². The van der Waals surface area contributed by atoms with Crippen LogP contribution in [0.2, 0.25) is 0 Å². The zero-order chi connectivity index (χ0) is 25.7. The molecule has 1 amide bonds. The summed E-state index contributed by atoms with van der Waals surface area (Å²) in [7, 11) is -2.13. The van der Waals surface area contributed by atoms with Crippen LogP contribution in [0.15, 0.2) is 84.9 Å². The number of hydrogen-bond donors (Lipinski definition) is 0. The van der Waals surface area contributed by atoms with Gasteiger partial charge in [0.25, 0.3) is 0 Å². The van der Waals surface area contributed by atoms with Crippen LogP contribution in [-0.4, -0.2) is 69.7 Å². The number of nitrogens with zero attached hydrogens (tertiary/aromatic N) is 3. The molecule has 0 spiro atoms. The Labute approximate surface area is 214 Å². The molecule has 0 unspecified atom stereocenters. The van der Waals surface area contributed by atoms with Gasteiger partial charge in [0.05, 0.1) is 25.1 Å². The normalized spacial score (nSPS) is 15.5. The fourth-order valence-corrected chi connectivity index (χ4v) is 6.05. The third-order valence-corrected chi connectivity index (χ3v) is 7.86. The van der Waals surface area contributed by atoms with E-state index in [-0.39, 0.29) is 11.9 Å². The van der Waals surface area contributed by atoms with Gasteiger partial charge in [-0.3, -0.25) is 14.0 Å². The lowest BCUT2D eigenvalue weighted by molar-refractivity contribution is -0.134. The molecule has 0 aromatic heterocycles. The van der Waals surface area contributed by atoms with E-state index in [1.807, 2.05) is 36.4 Å². The molecule has 0 aliphatic carbocycles. The summed E-state index contributed by atoms with van der Waals surface area (Å²) in [5, 5.41) is 0. The number of ether oxygens (including phenoxy) is 1. The van der Waals surface area contributed by atoms with Gasteiger partial charge < -0.3 is 9.64 Å². The van der Waals surface area contributed by atoms with Crippen molar-refractivity contribution in [2.45, 2.75) is 19.0 Å². The summed E-state index contributed by atoms with van der Waals surface area (Å²) in [5.41, 5.74) is 2.85. The van der Waals surface area contributed by atoms with Gasteiger partial charge in [0.15, 0.2) is 0 Å². The molecule has 1 aliphatic rings. The van der Waals surface area contributed by atoms with Crippen molar-refractivity contribution in [1.29, 1.82) is 0 Å². The molecule has 36 heavy (non-hydrogen) atoms. The van der Waals surface area contributed by atoms with E-state index in [0.717, 1.165) is 6.26 Å². The molecule has 3 aromatic carbocycles. The Morgan fingerprint density at radius 2 is 1.33 bits per heavy atom. The maximum Gasteiger partial charge on any atom is 0.246 e. The van der Waals surface area contributed by atoms with Gasteiger partial charge in [0.2, 0.25) is 15.9 Å². The number of amides is 1. The van der Waals surface area contributed by atoms with E-state index in [0.29, 0.717) is 37.6 Å². The van der Waals surface area contributed by atoms with Crippen LogP contribution in [-0.2, 0) is 14.8 Å². The molecule has 3 aromatic rings. The van der Waals surface area contributed by atoms with Gasteiger partial charge in [-0.15, -0.1) is 0 Å². The summed E-state index contributed by atoms with van der Waals surface area (Å²) in [6.45, 7) is 4.08. The third-order valence-electron chi connectivity index (χ3n) is 6.62. The van der Waals surface area contributed by atoms with Crippen LogP contribution in [0.1, 0.15) is 24.1 Å². The Morgan fingerprint density at radius 3 is 1.78 bits per heavy atom. The quantitative estimate of drug-likeness (QED) is 0.464. The Balaban J connectivity index is 1.50. The second-order valence-corrected chi connectivity index (χ2v) is 10.9. The van der Waals surface area contributed by atoms with Gasteiger partial charge in [-0.25, -0.2) is 8.42 Å². The average molecular weight is 508 g/mol. The number of rotatable bonds is 8. The molecule has 1 saturated heterocycles. The second-order valence-electron chi connectivity index (χ2n) is 9.02. The van der Waals surface area contributed by atoms with E-state index < -0.39 is 16.1 Å². The van der Waals surface area contributed by atoms with E-state index >= 15 is 0 Å². The summed E-state index contributed by atoms with van der Waals surface area (Å²) in [6, 6.07) is 26.7. The van der Waals surface area contributed by atoms with Crippen LogP contribution in [0.5, 0.6) is 5.75 Å². The molecule has 1 fully saturated rings. The van der Waals surface area contributed by atoms with Crippen molar-refractivity contribution < 1.29 is 17.9 Å². The highest BCUT2D eigenvalue weighted by atomic mass is 32.2. The number of benzene rings is 3. The summed E-state index contributed by atoms with van der Waals surface area (Å²) >= 11 is 0. The summed E-state index contributed by atoms with van der Waals surface area (Å²) in [5.74, 6) is 0.417. The Kier molecular flexibility index (Phi) is 7.96. The maximum absolute atomic E-state index is 13.5. The van der Waals surface area contributed by atoms with Crippen molar-refractivity contribution in [2.24, 2.45) is 0 Å². The number of hydrogen-bond acceptors (Lipinski definition) is 5. The molecule has 0 radical (unpaired) electrons. The van der Waals surface area contributed by atoms with E-state index in [1.54, 1.807) is 43.2 Å². The molecule has 1 aliphatic heterocycles. The number of anilines is 1. The average Bonchev–Trinajstić information content (AvgIpc) is 2.90. The Morgan fingerprint density at radius 1 is 0.833 bits per heavy atom. The van der Waals surface area contributed by atoms with Crippen molar-refractivity contribution in [3.05, 3.63) is 96.1 Å². The van der Waals surface area contributed by atoms with Crippen LogP contribution < -0.4 is 9.04 Å². The summed E-state index contributed by atoms with van der Waals surface area (Å²) in [6.07, 6.45) is 1.13. The highest BCUT2D eigenvalue weighted by Gasteiger charge is 2.34. The van der Waals surface area contributed by atoms with Crippen LogP contribution in [0.4, 0.5) is 5.69 Å². The Bertz CT molecular complexity index is 1200. The molecule has 0 N–H and O–H groups in total. The Hall–Kier alpha value is -3.36. The topological polar surface area (TPSA) is 70.2 Å². The molecule has 0 saturated carbocycles. The predicted molar refractivity (Wildman–Crippen MR) is 143 cm³/mol. The lowest BCUT2D eigenvalue weighted by atomic mass is 9.96. The SMILES string of the molecule is COc1ccc(N([C@H](C)C(=O)N2CCN(C(c3ccccc3)c3ccccc3)CC2)S(C)(=O)=O)cc1. The first kappa shape index (κ1) is 25.7. The van der Waals surface area contributed by atoms with Crippen molar-refractivity contribution in [2.75, 3.05) is 43.8 Å². The molecule has 1 heterocycles.